The van der Waals surface area contributed by atoms with Gasteiger partial charge in [0.2, 0.25) is 11.8 Å². The first kappa shape index (κ1) is 21.0. The molecule has 2 aromatic carbocycles. The van der Waals surface area contributed by atoms with E-state index in [1.165, 1.54) is 12.1 Å². The SMILES string of the molecule is CC(Oc1ccc2ncc(-c3ccc(N4C[C@@H](N)CC4=O)cc3)n2n1)c1cccc(F)c1F. The second kappa shape index (κ2) is 8.25. The van der Waals surface area contributed by atoms with Crippen molar-refractivity contribution in [3.8, 4) is 17.1 Å². The monoisotopic (exact) mass is 449 g/mol. The van der Waals surface area contributed by atoms with E-state index in [-0.39, 0.29) is 23.4 Å². The van der Waals surface area contributed by atoms with Crippen LogP contribution in [0.2, 0.25) is 0 Å². The molecule has 0 radical (unpaired) electrons. The Balaban J connectivity index is 1.42. The summed E-state index contributed by atoms with van der Waals surface area (Å²) in [6.45, 7) is 2.13. The van der Waals surface area contributed by atoms with Crippen LogP contribution in [0.1, 0.15) is 25.0 Å². The van der Waals surface area contributed by atoms with Crippen molar-refractivity contribution in [1.29, 1.82) is 0 Å². The molecule has 0 aliphatic carbocycles. The molecule has 4 aromatic rings. The molecular weight excluding hydrogens is 428 g/mol. The number of carbonyl (C=O) groups is 1. The maximum absolute atomic E-state index is 14.1. The lowest BCUT2D eigenvalue weighted by atomic mass is 10.1. The number of amides is 1. The van der Waals surface area contributed by atoms with Gasteiger partial charge in [-0.15, -0.1) is 5.10 Å². The molecule has 5 rings (SSSR count). The third-order valence-electron chi connectivity index (χ3n) is 5.68. The van der Waals surface area contributed by atoms with Gasteiger partial charge in [0.15, 0.2) is 17.3 Å². The first-order valence-electron chi connectivity index (χ1n) is 10.5. The van der Waals surface area contributed by atoms with Crippen molar-refractivity contribution < 1.29 is 18.3 Å². The van der Waals surface area contributed by atoms with Crippen LogP contribution in [0, 0.1) is 11.6 Å². The molecule has 2 atom stereocenters. The molecule has 1 aliphatic heterocycles. The number of benzene rings is 2. The molecular formula is C24H21F2N5O2. The summed E-state index contributed by atoms with van der Waals surface area (Å²) >= 11 is 0. The molecule has 1 unspecified atom stereocenters. The summed E-state index contributed by atoms with van der Waals surface area (Å²) in [5.41, 5.74) is 8.95. The highest BCUT2D eigenvalue weighted by molar-refractivity contribution is 5.96. The number of hydrogen-bond donors (Lipinski definition) is 1. The Hall–Kier alpha value is -3.85. The molecule has 168 valence electrons. The summed E-state index contributed by atoms with van der Waals surface area (Å²) < 4.78 is 35.1. The third-order valence-corrected chi connectivity index (χ3v) is 5.68. The number of carbonyl (C=O) groups excluding carboxylic acids is 1. The number of anilines is 1. The first-order valence-corrected chi connectivity index (χ1v) is 10.5. The number of ether oxygens (including phenoxy) is 1. The highest BCUT2D eigenvalue weighted by Gasteiger charge is 2.28. The summed E-state index contributed by atoms with van der Waals surface area (Å²) in [5.74, 6) is -1.61. The molecule has 1 fully saturated rings. The van der Waals surface area contributed by atoms with Gasteiger partial charge < -0.3 is 15.4 Å². The number of aromatic nitrogens is 3. The zero-order valence-electron chi connectivity index (χ0n) is 17.8. The van der Waals surface area contributed by atoms with E-state index in [0.29, 0.717) is 18.6 Å². The quantitative estimate of drug-likeness (QED) is 0.500. The summed E-state index contributed by atoms with van der Waals surface area (Å²) in [4.78, 5) is 18.2. The van der Waals surface area contributed by atoms with Crippen LogP contribution in [0.3, 0.4) is 0 Å². The van der Waals surface area contributed by atoms with Crippen LogP contribution in [0.4, 0.5) is 14.5 Å². The number of rotatable bonds is 5. The fraction of sp³-hybridized carbons (Fsp3) is 0.208. The van der Waals surface area contributed by atoms with E-state index in [0.717, 1.165) is 23.0 Å². The fourth-order valence-corrected chi connectivity index (χ4v) is 3.99. The average molecular weight is 449 g/mol. The minimum absolute atomic E-state index is 0.0114. The normalized spacial score (nSPS) is 17.0. The van der Waals surface area contributed by atoms with Crippen molar-refractivity contribution in [2.24, 2.45) is 5.73 Å². The number of hydrogen-bond acceptors (Lipinski definition) is 5. The lowest BCUT2D eigenvalue weighted by molar-refractivity contribution is -0.117. The molecule has 2 aromatic heterocycles. The van der Waals surface area contributed by atoms with Gasteiger partial charge in [0.25, 0.3) is 0 Å². The van der Waals surface area contributed by atoms with Crippen LogP contribution in [0.5, 0.6) is 5.88 Å². The van der Waals surface area contributed by atoms with Crippen LogP contribution in [0.25, 0.3) is 16.9 Å². The maximum atomic E-state index is 14.1. The van der Waals surface area contributed by atoms with Crippen LogP contribution in [-0.2, 0) is 4.79 Å². The molecule has 0 spiro atoms. The lowest BCUT2D eigenvalue weighted by Gasteiger charge is -2.16. The summed E-state index contributed by atoms with van der Waals surface area (Å²) in [5, 5.41) is 4.49. The Morgan fingerprint density at radius 2 is 1.91 bits per heavy atom. The smallest absolute Gasteiger partial charge is 0.232 e. The van der Waals surface area contributed by atoms with Crippen LogP contribution in [0.15, 0.2) is 60.8 Å². The maximum Gasteiger partial charge on any atom is 0.232 e. The molecule has 1 aliphatic rings. The van der Waals surface area contributed by atoms with E-state index in [2.05, 4.69) is 10.1 Å². The van der Waals surface area contributed by atoms with E-state index >= 15 is 0 Å². The summed E-state index contributed by atoms with van der Waals surface area (Å²) in [7, 11) is 0. The van der Waals surface area contributed by atoms with Crippen molar-refractivity contribution in [3.05, 3.63) is 78.0 Å². The molecule has 0 saturated carbocycles. The first-order chi connectivity index (χ1) is 15.9. The van der Waals surface area contributed by atoms with Crippen molar-refractivity contribution >= 4 is 17.2 Å². The predicted octanol–water partition coefficient (Wildman–Crippen LogP) is 3.88. The highest BCUT2D eigenvalue weighted by Crippen LogP contribution is 2.28. The topological polar surface area (TPSA) is 85.7 Å². The summed E-state index contributed by atoms with van der Waals surface area (Å²) in [6, 6.07) is 14.7. The minimum atomic E-state index is -0.938. The predicted molar refractivity (Wildman–Crippen MR) is 119 cm³/mol. The molecule has 3 heterocycles. The molecule has 1 amide bonds. The average Bonchev–Trinajstić information content (AvgIpc) is 3.37. The Labute approximate surface area is 188 Å². The molecule has 33 heavy (non-hydrogen) atoms. The largest absolute Gasteiger partial charge is 0.469 e. The van der Waals surface area contributed by atoms with E-state index in [1.54, 1.807) is 34.7 Å². The van der Waals surface area contributed by atoms with Gasteiger partial charge in [-0.05, 0) is 31.2 Å². The van der Waals surface area contributed by atoms with Gasteiger partial charge in [0, 0.05) is 41.9 Å². The van der Waals surface area contributed by atoms with Gasteiger partial charge in [0.05, 0.1) is 11.9 Å². The van der Waals surface area contributed by atoms with Crippen LogP contribution < -0.4 is 15.4 Å². The highest BCUT2D eigenvalue weighted by atomic mass is 19.2. The van der Waals surface area contributed by atoms with Gasteiger partial charge in [-0.25, -0.2) is 18.3 Å². The molecule has 7 nitrogen and oxygen atoms in total. The number of imidazole rings is 1. The number of nitrogens with zero attached hydrogens (tertiary/aromatic N) is 4. The van der Waals surface area contributed by atoms with Crippen molar-refractivity contribution in [2.45, 2.75) is 25.5 Å². The Kier molecular flexibility index (Phi) is 5.26. The van der Waals surface area contributed by atoms with Gasteiger partial charge >= 0.3 is 0 Å². The number of fused-ring (bicyclic) bond motifs is 1. The van der Waals surface area contributed by atoms with E-state index < -0.39 is 17.7 Å². The van der Waals surface area contributed by atoms with Crippen LogP contribution >= 0.6 is 0 Å². The van der Waals surface area contributed by atoms with Crippen molar-refractivity contribution in [1.82, 2.24) is 14.6 Å². The van der Waals surface area contributed by atoms with Crippen molar-refractivity contribution in [2.75, 3.05) is 11.4 Å². The van der Waals surface area contributed by atoms with Gasteiger partial charge in [-0.2, -0.15) is 0 Å². The zero-order chi connectivity index (χ0) is 23.1. The Morgan fingerprint density at radius 1 is 1.12 bits per heavy atom. The minimum Gasteiger partial charge on any atom is -0.469 e. The van der Waals surface area contributed by atoms with Gasteiger partial charge in [0.1, 0.15) is 6.10 Å². The van der Waals surface area contributed by atoms with Crippen molar-refractivity contribution in [3.63, 3.8) is 0 Å². The zero-order valence-corrected chi connectivity index (χ0v) is 17.8. The van der Waals surface area contributed by atoms with Crippen LogP contribution in [-0.4, -0.2) is 33.1 Å². The second-order valence-electron chi connectivity index (χ2n) is 8.00. The number of halogens is 2. The van der Waals surface area contributed by atoms with E-state index in [1.807, 2.05) is 24.3 Å². The van der Waals surface area contributed by atoms with E-state index in [4.69, 9.17) is 10.5 Å². The van der Waals surface area contributed by atoms with Gasteiger partial charge in [-0.3, -0.25) is 4.79 Å². The second-order valence-corrected chi connectivity index (χ2v) is 8.00. The standard InChI is InChI=1S/C24H21F2N5O2/c1-14(18-3-2-4-19(25)24(18)26)33-22-10-9-21-28-12-20(31(21)29-22)15-5-7-17(8-6-15)30-13-16(27)11-23(30)32/h2-10,12,14,16H,11,13,27H2,1H3/t14?,16-/m0/s1. The molecule has 1 saturated heterocycles. The Bertz CT molecular complexity index is 1340. The van der Waals surface area contributed by atoms with E-state index in [9.17, 15) is 13.6 Å². The summed E-state index contributed by atoms with van der Waals surface area (Å²) in [6.07, 6.45) is 1.29. The molecule has 9 heteroatoms. The molecule has 2 N–H and O–H groups in total. The lowest BCUT2D eigenvalue weighted by Crippen LogP contribution is -2.27. The number of nitrogens with two attached hydrogens (primary N) is 1. The Morgan fingerprint density at radius 3 is 2.64 bits per heavy atom. The fourth-order valence-electron chi connectivity index (χ4n) is 3.99. The molecule has 0 bridgehead atoms. The van der Waals surface area contributed by atoms with Gasteiger partial charge in [-0.1, -0.05) is 24.3 Å². The third kappa shape index (κ3) is 3.91.